The van der Waals surface area contributed by atoms with Crippen molar-refractivity contribution in [1.82, 2.24) is 9.13 Å². The highest BCUT2D eigenvalue weighted by atomic mass is 19.4. The lowest BCUT2D eigenvalue weighted by molar-refractivity contribution is -0.138. The fraction of sp³-hybridized carbons (Fsp3) is 0.116. The number of nitrogens with zero attached hydrogens (tertiary/aromatic N) is 4. The molecule has 56 heavy (non-hydrogen) atoms. The van der Waals surface area contributed by atoms with Gasteiger partial charge in [-0.05, 0) is 85.6 Å². The van der Waals surface area contributed by atoms with Crippen molar-refractivity contribution in [2.24, 2.45) is 0 Å². The number of fused-ring (bicyclic) bond motifs is 6. The third-order valence-electron chi connectivity index (χ3n) is 9.97. The lowest BCUT2D eigenvalue weighted by atomic mass is 9.94. The van der Waals surface area contributed by atoms with Crippen LogP contribution in [0.3, 0.4) is 0 Å². The molecule has 0 fully saturated rings. The minimum Gasteiger partial charge on any atom is -0.309 e. The van der Waals surface area contributed by atoms with Crippen molar-refractivity contribution in [3.05, 3.63) is 142 Å². The zero-order valence-electron chi connectivity index (χ0n) is 29.0. The van der Waals surface area contributed by atoms with Gasteiger partial charge in [-0.25, -0.2) is 0 Å². The number of aromatic nitrogens is 2. The normalized spacial score (nSPS) is 12.5. The van der Waals surface area contributed by atoms with Crippen molar-refractivity contribution in [2.45, 2.75) is 32.4 Å². The molecule has 0 unspecified atom stereocenters. The maximum absolute atomic E-state index is 14.2. The molecule has 278 valence electrons. The van der Waals surface area contributed by atoms with Crippen LogP contribution in [0.15, 0.2) is 103 Å². The maximum atomic E-state index is 14.2. The van der Waals surface area contributed by atoms with E-state index in [9.17, 15) is 50.0 Å². The largest absolute Gasteiger partial charge is 0.416 e. The Morgan fingerprint density at radius 2 is 0.804 bits per heavy atom. The molecule has 0 amide bonds. The Labute approximate surface area is 311 Å². The van der Waals surface area contributed by atoms with Crippen molar-refractivity contribution < 1.29 is 39.5 Å². The first-order chi connectivity index (χ1) is 26.4. The lowest BCUT2D eigenvalue weighted by Crippen LogP contribution is -2.08. The Hall–Kier alpha value is -6.73. The van der Waals surface area contributed by atoms with Crippen LogP contribution in [0.25, 0.3) is 66.1 Å². The van der Waals surface area contributed by atoms with E-state index in [2.05, 4.69) is 6.07 Å². The maximum Gasteiger partial charge on any atom is 0.416 e. The van der Waals surface area contributed by atoms with E-state index in [4.69, 9.17) is 0 Å². The summed E-state index contributed by atoms with van der Waals surface area (Å²) in [5.41, 5.74) is -1.29. The van der Waals surface area contributed by atoms with Gasteiger partial charge in [-0.1, -0.05) is 42.5 Å². The quantitative estimate of drug-likeness (QED) is 0.168. The van der Waals surface area contributed by atoms with Gasteiger partial charge in [0.15, 0.2) is 0 Å². The highest BCUT2D eigenvalue weighted by Gasteiger charge is 2.34. The van der Waals surface area contributed by atoms with Crippen LogP contribution >= 0.6 is 0 Å². The van der Waals surface area contributed by atoms with Gasteiger partial charge < -0.3 is 9.13 Å². The second kappa shape index (κ2) is 12.4. The number of benzene rings is 6. The summed E-state index contributed by atoms with van der Waals surface area (Å²) in [7, 11) is 0. The number of rotatable bonds is 3. The van der Waals surface area contributed by atoms with E-state index in [-0.39, 0.29) is 39.1 Å². The summed E-state index contributed by atoms with van der Waals surface area (Å²) < 4.78 is 130. The summed E-state index contributed by atoms with van der Waals surface area (Å²) in [5, 5.41) is 22.9. The SMILES string of the molecule is Cc1ccc2c3ccc(C(F)(F)F)cc3n(-c3cc(-c4ccc(C(F)(F)F)cc4C#N)c(-n4c5cc(C)ccc5c5ccc(C(F)(F)F)cc54)cc3C#N)c2c1. The summed E-state index contributed by atoms with van der Waals surface area (Å²) in [5.74, 6) is 0. The number of halogens is 9. The highest BCUT2D eigenvalue weighted by Crippen LogP contribution is 2.44. The van der Waals surface area contributed by atoms with Gasteiger partial charge >= 0.3 is 18.5 Å². The monoisotopic (exact) mass is 766 g/mol. The zero-order valence-corrected chi connectivity index (χ0v) is 29.0. The molecular formula is C43H23F9N4. The van der Waals surface area contributed by atoms with E-state index in [0.29, 0.717) is 44.2 Å². The third kappa shape index (κ3) is 5.78. The highest BCUT2D eigenvalue weighted by molar-refractivity contribution is 6.11. The molecule has 0 aliphatic rings. The Morgan fingerprint density at radius 1 is 0.411 bits per heavy atom. The first-order valence-corrected chi connectivity index (χ1v) is 16.8. The average molecular weight is 767 g/mol. The molecule has 0 bridgehead atoms. The van der Waals surface area contributed by atoms with Crippen LogP contribution in [0, 0.1) is 36.5 Å². The molecule has 0 aliphatic carbocycles. The molecule has 0 atom stereocenters. The molecule has 0 aliphatic heterocycles. The molecule has 8 aromatic rings. The van der Waals surface area contributed by atoms with Crippen LogP contribution in [-0.2, 0) is 18.5 Å². The van der Waals surface area contributed by atoms with Gasteiger partial charge in [0.05, 0.1) is 67.3 Å². The van der Waals surface area contributed by atoms with Crippen LogP contribution in [0.1, 0.15) is 38.9 Å². The third-order valence-corrected chi connectivity index (χ3v) is 9.97. The Kier molecular flexibility index (Phi) is 8.03. The number of nitriles is 2. The van der Waals surface area contributed by atoms with E-state index < -0.39 is 40.8 Å². The van der Waals surface area contributed by atoms with Gasteiger partial charge in [0.25, 0.3) is 0 Å². The Morgan fingerprint density at radius 3 is 1.25 bits per heavy atom. The van der Waals surface area contributed by atoms with Gasteiger partial charge in [0.2, 0.25) is 0 Å². The van der Waals surface area contributed by atoms with E-state index in [1.165, 1.54) is 33.4 Å². The van der Waals surface area contributed by atoms with Crippen LogP contribution in [-0.4, -0.2) is 9.13 Å². The molecule has 2 aromatic heterocycles. The van der Waals surface area contributed by atoms with E-state index in [1.54, 1.807) is 50.2 Å². The predicted molar refractivity (Wildman–Crippen MR) is 194 cm³/mol. The first-order valence-electron chi connectivity index (χ1n) is 16.8. The van der Waals surface area contributed by atoms with Crippen LogP contribution < -0.4 is 0 Å². The van der Waals surface area contributed by atoms with Crippen molar-refractivity contribution >= 4 is 43.6 Å². The fourth-order valence-corrected chi connectivity index (χ4v) is 7.43. The molecule has 8 rings (SSSR count). The molecule has 6 aromatic carbocycles. The van der Waals surface area contributed by atoms with Gasteiger partial charge in [0.1, 0.15) is 6.07 Å². The topological polar surface area (TPSA) is 57.4 Å². The molecule has 0 N–H and O–H groups in total. The minimum absolute atomic E-state index is 0.0212. The number of hydrogen-bond acceptors (Lipinski definition) is 2. The van der Waals surface area contributed by atoms with Gasteiger partial charge in [-0.15, -0.1) is 0 Å². The first kappa shape index (κ1) is 36.3. The van der Waals surface area contributed by atoms with Gasteiger partial charge in [0, 0.05) is 32.7 Å². The molecule has 0 spiro atoms. The summed E-state index contributed by atoms with van der Waals surface area (Å²) in [6, 6.07) is 25.9. The summed E-state index contributed by atoms with van der Waals surface area (Å²) in [6.45, 7) is 3.53. The molecule has 0 saturated carbocycles. The number of aryl methyl sites for hydroxylation is 2. The van der Waals surface area contributed by atoms with E-state index in [0.717, 1.165) is 42.0 Å². The summed E-state index contributed by atoms with van der Waals surface area (Å²) >= 11 is 0. The smallest absolute Gasteiger partial charge is 0.309 e. The van der Waals surface area contributed by atoms with Crippen LogP contribution in [0.5, 0.6) is 0 Å². The van der Waals surface area contributed by atoms with Gasteiger partial charge in [-0.2, -0.15) is 50.0 Å². The zero-order chi connectivity index (χ0) is 40.1. The summed E-state index contributed by atoms with van der Waals surface area (Å²) in [6.07, 6.45) is -14.3. The van der Waals surface area contributed by atoms with E-state index >= 15 is 0 Å². The number of alkyl halides is 9. The summed E-state index contributed by atoms with van der Waals surface area (Å²) in [4.78, 5) is 0. The lowest BCUT2D eigenvalue weighted by Gasteiger charge is -2.20. The standard InChI is InChI=1S/C43H23F9N4/c1-22-3-8-30-32-11-6-27(42(47,48)49)17-39(32)55(36(30)13-22)35-19-34(29-10-5-26(41(44,45)46)15-24(29)20-53)38(16-25(35)21-54)56-37-14-23(2)4-9-31(37)33-12-7-28(18-40(33)56)43(50,51)52/h3-19H,1-2H3. The predicted octanol–water partition coefficient (Wildman–Crippen LogP) is 13.0. The van der Waals surface area contributed by atoms with Crippen molar-refractivity contribution in [1.29, 1.82) is 10.5 Å². The number of hydrogen-bond donors (Lipinski definition) is 0. The molecule has 13 heteroatoms. The molecule has 2 heterocycles. The van der Waals surface area contributed by atoms with Crippen molar-refractivity contribution in [3.63, 3.8) is 0 Å². The Bertz CT molecular complexity index is 3040. The van der Waals surface area contributed by atoms with Crippen molar-refractivity contribution in [3.8, 4) is 34.6 Å². The average Bonchev–Trinajstić information content (AvgIpc) is 3.63. The molecular weight excluding hydrogens is 743 g/mol. The molecule has 0 saturated heterocycles. The fourth-order valence-electron chi connectivity index (χ4n) is 7.43. The Balaban J connectivity index is 1.57. The second-order valence-electron chi connectivity index (χ2n) is 13.5. The van der Waals surface area contributed by atoms with Crippen molar-refractivity contribution in [2.75, 3.05) is 0 Å². The minimum atomic E-state index is -4.84. The van der Waals surface area contributed by atoms with E-state index in [1.807, 2.05) is 6.07 Å². The van der Waals surface area contributed by atoms with Crippen LogP contribution in [0.4, 0.5) is 39.5 Å². The molecule has 0 radical (unpaired) electrons. The van der Waals surface area contributed by atoms with Crippen LogP contribution in [0.2, 0.25) is 0 Å². The second-order valence-corrected chi connectivity index (χ2v) is 13.5. The molecule has 4 nitrogen and oxygen atoms in total. The van der Waals surface area contributed by atoms with Gasteiger partial charge in [-0.3, -0.25) is 0 Å².